The molecule has 6 heteroatoms. The van der Waals surface area contributed by atoms with Crippen LogP contribution >= 0.6 is 0 Å². The van der Waals surface area contributed by atoms with Crippen LogP contribution in [0.15, 0.2) is 12.4 Å². The maximum Gasteiger partial charge on any atom is 0.271 e. The fraction of sp³-hybridized carbons (Fsp3) is 0.545. The third-order valence-electron chi connectivity index (χ3n) is 2.52. The zero-order valence-corrected chi connectivity index (χ0v) is 9.77. The van der Waals surface area contributed by atoms with E-state index in [-0.39, 0.29) is 11.9 Å². The molecule has 1 aliphatic heterocycles. The standard InChI is InChI=1S/C11H16N4O2/c1-8-4-14-10(6-13-8)11(16)15-5-9-7-17-3-2-12-9/h4,6,9,12H,2-3,5,7H2,1H3,(H,15,16). The van der Waals surface area contributed by atoms with E-state index in [0.717, 1.165) is 18.8 Å². The molecule has 0 radical (unpaired) electrons. The fourth-order valence-corrected chi connectivity index (χ4v) is 1.57. The summed E-state index contributed by atoms with van der Waals surface area (Å²) in [6.45, 7) is 4.55. The van der Waals surface area contributed by atoms with Gasteiger partial charge in [-0.2, -0.15) is 0 Å². The van der Waals surface area contributed by atoms with E-state index in [1.54, 1.807) is 6.20 Å². The highest BCUT2D eigenvalue weighted by atomic mass is 16.5. The van der Waals surface area contributed by atoms with Crippen molar-refractivity contribution in [2.24, 2.45) is 0 Å². The van der Waals surface area contributed by atoms with E-state index in [9.17, 15) is 4.79 Å². The summed E-state index contributed by atoms with van der Waals surface area (Å²) >= 11 is 0. The number of ether oxygens (including phenoxy) is 1. The minimum atomic E-state index is -0.204. The van der Waals surface area contributed by atoms with E-state index in [2.05, 4.69) is 20.6 Å². The number of hydrogen-bond acceptors (Lipinski definition) is 5. The quantitative estimate of drug-likeness (QED) is 0.740. The lowest BCUT2D eigenvalue weighted by molar-refractivity contribution is 0.0733. The molecule has 1 aromatic rings. The first-order valence-corrected chi connectivity index (χ1v) is 5.63. The fourth-order valence-electron chi connectivity index (χ4n) is 1.57. The Kier molecular flexibility index (Phi) is 4.00. The second kappa shape index (κ2) is 5.70. The Hall–Kier alpha value is -1.53. The minimum absolute atomic E-state index is 0.172. The molecule has 2 rings (SSSR count). The largest absolute Gasteiger partial charge is 0.378 e. The van der Waals surface area contributed by atoms with Crippen molar-refractivity contribution in [2.45, 2.75) is 13.0 Å². The Labute approximate surface area is 99.8 Å². The lowest BCUT2D eigenvalue weighted by Crippen LogP contribution is -2.48. The highest BCUT2D eigenvalue weighted by molar-refractivity contribution is 5.91. The molecule has 1 aromatic heterocycles. The second-order valence-electron chi connectivity index (χ2n) is 3.98. The molecular weight excluding hydrogens is 220 g/mol. The van der Waals surface area contributed by atoms with Gasteiger partial charge in [-0.15, -0.1) is 0 Å². The molecule has 17 heavy (non-hydrogen) atoms. The van der Waals surface area contributed by atoms with Crippen LogP contribution in [0, 0.1) is 6.92 Å². The molecule has 1 saturated heterocycles. The summed E-state index contributed by atoms with van der Waals surface area (Å²) in [5.74, 6) is -0.204. The van der Waals surface area contributed by atoms with Crippen LogP contribution in [0.3, 0.4) is 0 Å². The van der Waals surface area contributed by atoms with Crippen molar-refractivity contribution in [2.75, 3.05) is 26.3 Å². The number of hydrogen-bond donors (Lipinski definition) is 2. The van der Waals surface area contributed by atoms with Gasteiger partial charge in [0.05, 0.1) is 25.1 Å². The van der Waals surface area contributed by atoms with Crippen LogP contribution < -0.4 is 10.6 Å². The molecule has 2 heterocycles. The summed E-state index contributed by atoms with van der Waals surface area (Å²) in [7, 11) is 0. The molecule has 1 unspecified atom stereocenters. The first-order valence-electron chi connectivity index (χ1n) is 5.63. The number of aryl methyl sites for hydroxylation is 1. The van der Waals surface area contributed by atoms with Crippen LogP contribution in [-0.4, -0.2) is 48.2 Å². The van der Waals surface area contributed by atoms with Gasteiger partial charge >= 0.3 is 0 Å². The molecule has 0 saturated carbocycles. The first kappa shape index (κ1) is 11.9. The van der Waals surface area contributed by atoms with Crippen LogP contribution in [0.2, 0.25) is 0 Å². The number of morpholine rings is 1. The third kappa shape index (κ3) is 3.47. The predicted molar refractivity (Wildman–Crippen MR) is 61.7 cm³/mol. The maximum absolute atomic E-state index is 11.7. The lowest BCUT2D eigenvalue weighted by atomic mass is 10.2. The molecule has 2 N–H and O–H groups in total. The predicted octanol–water partition coefficient (Wildman–Crippen LogP) is -0.497. The van der Waals surface area contributed by atoms with Crippen molar-refractivity contribution in [3.63, 3.8) is 0 Å². The van der Waals surface area contributed by atoms with Gasteiger partial charge < -0.3 is 15.4 Å². The van der Waals surface area contributed by atoms with Crippen molar-refractivity contribution < 1.29 is 9.53 Å². The lowest BCUT2D eigenvalue weighted by Gasteiger charge is -2.23. The van der Waals surface area contributed by atoms with Crippen LogP contribution in [0.25, 0.3) is 0 Å². The van der Waals surface area contributed by atoms with Crippen molar-refractivity contribution in [1.29, 1.82) is 0 Å². The molecule has 1 fully saturated rings. The average Bonchev–Trinajstić information content (AvgIpc) is 2.38. The Morgan fingerprint density at radius 3 is 3.12 bits per heavy atom. The average molecular weight is 236 g/mol. The van der Waals surface area contributed by atoms with Gasteiger partial charge in [-0.05, 0) is 6.92 Å². The van der Waals surface area contributed by atoms with E-state index in [4.69, 9.17) is 4.74 Å². The highest BCUT2D eigenvalue weighted by Gasteiger charge is 2.14. The number of nitrogens with one attached hydrogen (secondary N) is 2. The summed E-state index contributed by atoms with van der Waals surface area (Å²) in [6, 6.07) is 0.172. The summed E-state index contributed by atoms with van der Waals surface area (Å²) in [5, 5.41) is 6.06. The van der Waals surface area contributed by atoms with Gasteiger partial charge in [0.1, 0.15) is 5.69 Å². The Morgan fingerprint density at radius 2 is 2.47 bits per heavy atom. The first-order chi connectivity index (χ1) is 8.25. The molecule has 92 valence electrons. The van der Waals surface area contributed by atoms with Gasteiger partial charge in [0.25, 0.3) is 5.91 Å². The van der Waals surface area contributed by atoms with Gasteiger partial charge in [-0.3, -0.25) is 9.78 Å². The molecule has 6 nitrogen and oxygen atoms in total. The SMILES string of the molecule is Cc1cnc(C(=O)NCC2COCCN2)cn1. The third-order valence-corrected chi connectivity index (χ3v) is 2.52. The van der Waals surface area contributed by atoms with E-state index < -0.39 is 0 Å². The van der Waals surface area contributed by atoms with E-state index in [1.165, 1.54) is 6.20 Å². The Bertz CT molecular complexity index is 374. The van der Waals surface area contributed by atoms with Crippen LogP contribution in [-0.2, 0) is 4.74 Å². The van der Waals surface area contributed by atoms with E-state index >= 15 is 0 Å². The summed E-state index contributed by atoms with van der Waals surface area (Å²) in [6.07, 6.45) is 3.06. The van der Waals surface area contributed by atoms with Crippen LogP contribution in [0.1, 0.15) is 16.2 Å². The van der Waals surface area contributed by atoms with Crippen molar-refractivity contribution in [1.82, 2.24) is 20.6 Å². The number of nitrogens with zero attached hydrogens (tertiary/aromatic N) is 2. The van der Waals surface area contributed by atoms with Gasteiger partial charge in [0.15, 0.2) is 0 Å². The number of aromatic nitrogens is 2. The highest BCUT2D eigenvalue weighted by Crippen LogP contribution is 1.95. The van der Waals surface area contributed by atoms with Gasteiger partial charge in [0.2, 0.25) is 0 Å². The maximum atomic E-state index is 11.7. The minimum Gasteiger partial charge on any atom is -0.378 e. The molecule has 0 bridgehead atoms. The van der Waals surface area contributed by atoms with Crippen LogP contribution in [0.4, 0.5) is 0 Å². The number of carbonyl (C=O) groups is 1. The molecule has 0 aliphatic carbocycles. The van der Waals surface area contributed by atoms with Crippen molar-refractivity contribution in [3.05, 3.63) is 23.8 Å². The molecule has 1 atom stereocenters. The normalized spacial score (nSPS) is 19.9. The molecular formula is C11H16N4O2. The van der Waals surface area contributed by atoms with Crippen molar-refractivity contribution in [3.8, 4) is 0 Å². The van der Waals surface area contributed by atoms with Gasteiger partial charge in [-0.25, -0.2) is 4.98 Å². The van der Waals surface area contributed by atoms with E-state index in [0.29, 0.717) is 18.8 Å². The van der Waals surface area contributed by atoms with Crippen LogP contribution in [0.5, 0.6) is 0 Å². The van der Waals surface area contributed by atoms with Gasteiger partial charge in [0, 0.05) is 25.3 Å². The number of amides is 1. The number of rotatable bonds is 3. The molecule has 0 aromatic carbocycles. The molecule has 1 aliphatic rings. The summed E-state index contributed by atoms with van der Waals surface area (Å²) < 4.78 is 5.29. The smallest absolute Gasteiger partial charge is 0.271 e. The monoisotopic (exact) mass is 236 g/mol. The zero-order chi connectivity index (χ0) is 12.1. The zero-order valence-electron chi connectivity index (χ0n) is 9.77. The van der Waals surface area contributed by atoms with Crippen molar-refractivity contribution >= 4 is 5.91 Å². The molecule has 1 amide bonds. The topological polar surface area (TPSA) is 76.1 Å². The Balaban J connectivity index is 1.82. The molecule has 0 spiro atoms. The van der Waals surface area contributed by atoms with E-state index in [1.807, 2.05) is 6.92 Å². The Morgan fingerprint density at radius 1 is 1.59 bits per heavy atom. The van der Waals surface area contributed by atoms with Gasteiger partial charge in [-0.1, -0.05) is 0 Å². The number of carbonyl (C=O) groups excluding carboxylic acids is 1. The summed E-state index contributed by atoms with van der Waals surface area (Å²) in [5.41, 5.74) is 1.14. The summed E-state index contributed by atoms with van der Waals surface area (Å²) in [4.78, 5) is 19.8. The second-order valence-corrected chi connectivity index (χ2v) is 3.98.